The quantitative estimate of drug-likeness (QED) is 0.311. The number of ether oxygens (including phenoxy) is 1. The van der Waals surface area contributed by atoms with Crippen LogP contribution in [0.3, 0.4) is 0 Å². The number of carbonyl (C=O) groups is 4. The van der Waals surface area contributed by atoms with Crippen molar-refractivity contribution in [2.24, 2.45) is 17.8 Å². The maximum absolute atomic E-state index is 12.9. The van der Waals surface area contributed by atoms with E-state index >= 15 is 0 Å². The standard InChI is InChI=1S/C29H26N2O5/c32-26-16-19(17-30(26)25-11-5-7-18-6-1-2-8-22(18)25)29(35)36-21-14-12-20(13-15-21)31-27(33)23-9-3-4-10-24(23)28(31)34/h1-2,5-8,11-15,19,23-24H,3-4,9-10,16-17H2/t19-,23-,24+/m1/s1. The first-order valence-electron chi connectivity index (χ1n) is 12.5. The molecule has 7 nitrogen and oxygen atoms in total. The van der Waals surface area contributed by atoms with E-state index in [1.54, 1.807) is 29.2 Å². The summed E-state index contributed by atoms with van der Waals surface area (Å²) in [6.45, 7) is 0.253. The molecule has 0 radical (unpaired) electrons. The van der Waals surface area contributed by atoms with Gasteiger partial charge in [-0.2, -0.15) is 0 Å². The van der Waals surface area contributed by atoms with Crippen LogP contribution in [0.15, 0.2) is 66.7 Å². The fourth-order valence-electron chi connectivity index (χ4n) is 5.82. The summed E-state index contributed by atoms with van der Waals surface area (Å²) in [4.78, 5) is 54.3. The first kappa shape index (κ1) is 22.5. The van der Waals surface area contributed by atoms with Crippen LogP contribution in [0, 0.1) is 17.8 Å². The molecule has 7 heteroatoms. The van der Waals surface area contributed by atoms with E-state index < -0.39 is 11.9 Å². The minimum Gasteiger partial charge on any atom is -0.426 e. The second-order valence-corrected chi connectivity index (χ2v) is 9.83. The highest BCUT2D eigenvalue weighted by Crippen LogP contribution is 2.40. The van der Waals surface area contributed by atoms with E-state index in [2.05, 4.69) is 0 Å². The predicted molar refractivity (Wildman–Crippen MR) is 134 cm³/mol. The van der Waals surface area contributed by atoms with Gasteiger partial charge < -0.3 is 9.64 Å². The van der Waals surface area contributed by atoms with Gasteiger partial charge in [-0.25, -0.2) is 0 Å². The second kappa shape index (κ2) is 8.90. The van der Waals surface area contributed by atoms with Gasteiger partial charge in [0.1, 0.15) is 5.75 Å². The van der Waals surface area contributed by atoms with Gasteiger partial charge in [-0.15, -0.1) is 0 Å². The molecule has 1 saturated carbocycles. The summed E-state index contributed by atoms with van der Waals surface area (Å²) < 4.78 is 5.58. The Labute approximate surface area is 208 Å². The molecule has 182 valence electrons. The summed E-state index contributed by atoms with van der Waals surface area (Å²) in [6.07, 6.45) is 3.56. The molecule has 3 aliphatic rings. The number of esters is 1. The number of hydrogen-bond donors (Lipinski definition) is 0. The van der Waals surface area contributed by atoms with Crippen molar-refractivity contribution in [2.45, 2.75) is 32.1 Å². The number of nitrogens with zero attached hydrogens (tertiary/aromatic N) is 2. The first-order valence-corrected chi connectivity index (χ1v) is 12.5. The molecular formula is C29H26N2O5. The van der Waals surface area contributed by atoms with Crippen molar-refractivity contribution in [3.8, 4) is 5.75 Å². The third-order valence-electron chi connectivity index (χ3n) is 7.67. The van der Waals surface area contributed by atoms with Crippen LogP contribution in [0.1, 0.15) is 32.1 Å². The zero-order valence-corrected chi connectivity index (χ0v) is 19.8. The van der Waals surface area contributed by atoms with Gasteiger partial charge in [0.25, 0.3) is 0 Å². The summed E-state index contributed by atoms with van der Waals surface area (Å²) in [5.74, 6) is -1.55. The Bertz CT molecular complexity index is 1350. The van der Waals surface area contributed by atoms with E-state index in [-0.39, 0.29) is 42.5 Å². The van der Waals surface area contributed by atoms with Crippen LogP contribution in [-0.2, 0) is 19.2 Å². The molecule has 36 heavy (non-hydrogen) atoms. The molecule has 6 rings (SSSR count). The van der Waals surface area contributed by atoms with Crippen molar-refractivity contribution in [1.82, 2.24) is 0 Å². The van der Waals surface area contributed by atoms with Crippen LogP contribution in [0.5, 0.6) is 5.75 Å². The number of hydrogen-bond acceptors (Lipinski definition) is 5. The minimum atomic E-state index is -0.582. The summed E-state index contributed by atoms with van der Waals surface area (Å²) >= 11 is 0. The Morgan fingerprint density at radius 1 is 0.806 bits per heavy atom. The molecule has 3 aromatic carbocycles. The van der Waals surface area contributed by atoms with Crippen LogP contribution >= 0.6 is 0 Å². The average molecular weight is 483 g/mol. The SMILES string of the molecule is O=C(Oc1ccc(N2C(=O)[C@H]3CCCC[C@H]3C2=O)cc1)[C@@H]1CC(=O)N(c2cccc3ccccc23)C1. The fourth-order valence-corrected chi connectivity index (χ4v) is 5.82. The summed E-state index contributed by atoms with van der Waals surface area (Å²) in [5.41, 5.74) is 1.29. The summed E-state index contributed by atoms with van der Waals surface area (Å²) in [6, 6.07) is 20.1. The monoisotopic (exact) mass is 482 g/mol. The third-order valence-corrected chi connectivity index (χ3v) is 7.67. The van der Waals surface area contributed by atoms with Gasteiger partial charge in [0.2, 0.25) is 17.7 Å². The van der Waals surface area contributed by atoms with Gasteiger partial charge in [0.15, 0.2) is 0 Å². The van der Waals surface area contributed by atoms with Gasteiger partial charge in [0, 0.05) is 18.4 Å². The molecule has 0 spiro atoms. The molecule has 3 aromatic rings. The largest absolute Gasteiger partial charge is 0.426 e. The smallest absolute Gasteiger partial charge is 0.316 e. The van der Waals surface area contributed by atoms with Crippen LogP contribution in [0.25, 0.3) is 10.8 Å². The van der Waals surface area contributed by atoms with Crippen LogP contribution in [0.4, 0.5) is 11.4 Å². The summed E-state index contributed by atoms with van der Waals surface area (Å²) in [5, 5.41) is 1.99. The highest BCUT2D eigenvalue weighted by atomic mass is 16.5. The predicted octanol–water partition coefficient (Wildman–Crippen LogP) is 4.48. The first-order chi connectivity index (χ1) is 17.5. The van der Waals surface area contributed by atoms with Crippen molar-refractivity contribution in [2.75, 3.05) is 16.3 Å². The Morgan fingerprint density at radius 2 is 1.47 bits per heavy atom. The zero-order valence-electron chi connectivity index (χ0n) is 19.8. The number of amides is 3. The Kier molecular flexibility index (Phi) is 5.55. The topological polar surface area (TPSA) is 84.0 Å². The lowest BCUT2D eigenvalue weighted by molar-refractivity contribution is -0.139. The minimum absolute atomic E-state index is 0.0830. The molecule has 3 atom stereocenters. The lowest BCUT2D eigenvalue weighted by Crippen LogP contribution is -2.30. The van der Waals surface area contributed by atoms with E-state index in [4.69, 9.17) is 4.74 Å². The van der Waals surface area contributed by atoms with E-state index in [0.29, 0.717) is 11.4 Å². The molecule has 2 heterocycles. The lowest BCUT2D eigenvalue weighted by atomic mass is 9.81. The highest BCUT2D eigenvalue weighted by Gasteiger charge is 2.48. The number of fused-ring (bicyclic) bond motifs is 2. The molecule has 2 aliphatic heterocycles. The molecular weight excluding hydrogens is 456 g/mol. The van der Waals surface area contributed by atoms with E-state index in [9.17, 15) is 19.2 Å². The Morgan fingerprint density at radius 3 is 2.19 bits per heavy atom. The van der Waals surface area contributed by atoms with Gasteiger partial charge in [0.05, 0.1) is 29.1 Å². The molecule has 0 N–H and O–H groups in total. The van der Waals surface area contributed by atoms with Crippen molar-refractivity contribution >= 4 is 45.8 Å². The van der Waals surface area contributed by atoms with Crippen LogP contribution in [0.2, 0.25) is 0 Å². The van der Waals surface area contributed by atoms with Gasteiger partial charge in [-0.1, -0.05) is 49.2 Å². The number of rotatable bonds is 4. The van der Waals surface area contributed by atoms with Crippen molar-refractivity contribution in [3.63, 3.8) is 0 Å². The molecule has 3 fully saturated rings. The number of benzene rings is 3. The highest BCUT2D eigenvalue weighted by molar-refractivity contribution is 6.22. The number of anilines is 2. The molecule has 2 saturated heterocycles. The van der Waals surface area contributed by atoms with E-state index in [1.807, 2.05) is 42.5 Å². The maximum atomic E-state index is 12.9. The average Bonchev–Trinajstić information content (AvgIpc) is 3.41. The van der Waals surface area contributed by atoms with Crippen molar-refractivity contribution < 1.29 is 23.9 Å². The molecule has 0 bridgehead atoms. The van der Waals surface area contributed by atoms with Gasteiger partial charge in [-0.3, -0.25) is 24.1 Å². The van der Waals surface area contributed by atoms with E-state index in [1.165, 1.54) is 4.90 Å². The van der Waals surface area contributed by atoms with Crippen molar-refractivity contribution in [1.29, 1.82) is 0 Å². The van der Waals surface area contributed by atoms with Gasteiger partial charge >= 0.3 is 5.97 Å². The molecule has 0 aromatic heterocycles. The number of imide groups is 1. The Hall–Kier alpha value is -4.00. The second-order valence-electron chi connectivity index (χ2n) is 9.83. The molecule has 0 unspecified atom stereocenters. The van der Waals surface area contributed by atoms with E-state index in [0.717, 1.165) is 42.1 Å². The lowest BCUT2D eigenvalue weighted by Gasteiger charge is -2.19. The maximum Gasteiger partial charge on any atom is 0.316 e. The number of carbonyl (C=O) groups excluding carboxylic acids is 4. The Balaban J connectivity index is 1.14. The normalized spacial score (nSPS) is 23.9. The zero-order chi connectivity index (χ0) is 24.8. The summed E-state index contributed by atoms with van der Waals surface area (Å²) in [7, 11) is 0. The van der Waals surface area contributed by atoms with Gasteiger partial charge in [-0.05, 0) is 48.6 Å². The van der Waals surface area contributed by atoms with Crippen molar-refractivity contribution in [3.05, 3.63) is 66.7 Å². The fraction of sp³-hybridized carbons (Fsp3) is 0.310. The van der Waals surface area contributed by atoms with Crippen LogP contribution < -0.4 is 14.5 Å². The third kappa shape index (κ3) is 3.75. The van der Waals surface area contributed by atoms with Crippen LogP contribution in [-0.4, -0.2) is 30.2 Å². The molecule has 1 aliphatic carbocycles. The molecule has 3 amide bonds.